The second-order valence-electron chi connectivity index (χ2n) is 10.3. The zero-order valence-electron chi connectivity index (χ0n) is 24.0. The lowest BCUT2D eigenvalue weighted by Crippen LogP contribution is -2.49. The largest absolute Gasteiger partial charge is 0.468 e. The zero-order chi connectivity index (χ0) is 29.9. The number of halogens is 1. The fourth-order valence-corrected chi connectivity index (χ4v) is 5.09. The Kier molecular flexibility index (Phi) is 12.9. The highest BCUT2D eigenvalue weighted by Gasteiger charge is 2.28. The van der Waals surface area contributed by atoms with Crippen LogP contribution < -0.4 is 10.6 Å². The highest BCUT2D eigenvalue weighted by molar-refractivity contribution is 7.81. The fourth-order valence-electron chi connectivity index (χ4n) is 4.59. The number of rotatable bonds is 13. The van der Waals surface area contributed by atoms with Gasteiger partial charge in [-0.05, 0) is 68.7 Å². The quantitative estimate of drug-likeness (QED) is 0.267. The van der Waals surface area contributed by atoms with E-state index in [1.807, 2.05) is 43.0 Å². The Morgan fingerprint density at radius 1 is 1.02 bits per heavy atom. The van der Waals surface area contributed by atoms with Crippen LogP contribution in [0.4, 0.5) is 5.69 Å². The molecule has 0 saturated carbocycles. The van der Waals surface area contributed by atoms with Gasteiger partial charge in [0.05, 0.1) is 25.1 Å². The molecule has 2 N–H and O–H groups in total. The molecule has 1 heterocycles. The SMILES string of the molecule is COC(=O)C(N)CC(S)C(=O)N(CCOC(C)C)c1ccc(C(=O)N2CCN(CCc3ccc(Cl)cc3)CC2)cc1. The number of thiol groups is 1. The summed E-state index contributed by atoms with van der Waals surface area (Å²) in [5.74, 6) is -0.948. The summed E-state index contributed by atoms with van der Waals surface area (Å²) in [4.78, 5) is 44.1. The van der Waals surface area contributed by atoms with Crippen LogP contribution in [0.2, 0.25) is 5.02 Å². The molecule has 3 rings (SSSR count). The number of nitrogens with zero attached hydrogens (tertiary/aromatic N) is 3. The first-order chi connectivity index (χ1) is 19.6. The summed E-state index contributed by atoms with van der Waals surface area (Å²) in [5.41, 5.74) is 8.27. The maximum atomic E-state index is 13.3. The molecule has 0 spiro atoms. The number of carbonyl (C=O) groups is 3. The number of anilines is 1. The van der Waals surface area contributed by atoms with Gasteiger partial charge in [-0.15, -0.1) is 0 Å². The zero-order valence-corrected chi connectivity index (χ0v) is 25.7. The first kappa shape index (κ1) is 32.9. The van der Waals surface area contributed by atoms with Crippen molar-refractivity contribution in [2.24, 2.45) is 5.73 Å². The standard InChI is InChI=1S/C30H41ClN4O5S/c1-21(2)40-19-18-35(29(37)27(41)20-26(32)30(38)39-3)25-10-6-23(7-11-25)28(36)34-16-14-33(15-17-34)13-12-22-4-8-24(31)9-5-22/h4-11,21,26-27,41H,12-20,32H2,1-3H3. The van der Waals surface area contributed by atoms with Gasteiger partial charge in [0.25, 0.3) is 5.91 Å². The van der Waals surface area contributed by atoms with Crippen LogP contribution in [0, 0.1) is 0 Å². The fraction of sp³-hybridized carbons (Fsp3) is 0.500. The van der Waals surface area contributed by atoms with Crippen molar-refractivity contribution < 1.29 is 23.9 Å². The van der Waals surface area contributed by atoms with Gasteiger partial charge >= 0.3 is 5.97 Å². The first-order valence-electron chi connectivity index (χ1n) is 13.9. The lowest BCUT2D eigenvalue weighted by atomic mass is 10.1. The van der Waals surface area contributed by atoms with E-state index in [0.29, 0.717) is 30.9 Å². The van der Waals surface area contributed by atoms with Crippen LogP contribution in [-0.4, -0.2) is 98.0 Å². The van der Waals surface area contributed by atoms with Gasteiger partial charge in [0.2, 0.25) is 5.91 Å². The van der Waals surface area contributed by atoms with Crippen molar-refractivity contribution in [3.05, 3.63) is 64.7 Å². The van der Waals surface area contributed by atoms with E-state index >= 15 is 0 Å². The summed E-state index contributed by atoms with van der Waals surface area (Å²) in [6.45, 7) is 8.30. The predicted molar refractivity (Wildman–Crippen MR) is 165 cm³/mol. The highest BCUT2D eigenvalue weighted by atomic mass is 35.5. The molecule has 0 aliphatic carbocycles. The highest BCUT2D eigenvalue weighted by Crippen LogP contribution is 2.21. The lowest BCUT2D eigenvalue weighted by Gasteiger charge is -2.35. The van der Waals surface area contributed by atoms with Crippen LogP contribution in [0.15, 0.2) is 48.5 Å². The van der Waals surface area contributed by atoms with Crippen LogP contribution in [0.5, 0.6) is 0 Å². The Balaban J connectivity index is 1.59. The average Bonchev–Trinajstić information content (AvgIpc) is 2.98. The Labute approximate surface area is 253 Å². The molecule has 0 aromatic heterocycles. The minimum atomic E-state index is -0.960. The van der Waals surface area contributed by atoms with Crippen molar-refractivity contribution in [2.45, 2.75) is 44.1 Å². The van der Waals surface area contributed by atoms with Crippen LogP contribution in [0.25, 0.3) is 0 Å². The number of amides is 2. The van der Waals surface area contributed by atoms with Gasteiger partial charge in [-0.25, -0.2) is 0 Å². The molecular weight excluding hydrogens is 564 g/mol. The van der Waals surface area contributed by atoms with Crippen LogP contribution in [0.3, 0.4) is 0 Å². The van der Waals surface area contributed by atoms with Gasteiger partial charge in [-0.2, -0.15) is 12.6 Å². The molecule has 2 amide bonds. The molecule has 11 heteroatoms. The molecule has 224 valence electrons. The summed E-state index contributed by atoms with van der Waals surface area (Å²) in [7, 11) is 1.25. The minimum absolute atomic E-state index is 0.00407. The minimum Gasteiger partial charge on any atom is -0.468 e. The van der Waals surface area contributed by atoms with E-state index in [2.05, 4.69) is 22.3 Å². The summed E-state index contributed by atoms with van der Waals surface area (Å²) in [6.07, 6.45) is 0.967. The van der Waals surface area contributed by atoms with Gasteiger partial charge in [0.15, 0.2) is 0 Å². The second kappa shape index (κ2) is 16.1. The number of benzene rings is 2. The molecule has 1 aliphatic heterocycles. The van der Waals surface area contributed by atoms with Crippen LogP contribution in [-0.2, 0) is 25.5 Å². The topological polar surface area (TPSA) is 105 Å². The number of carbonyl (C=O) groups excluding carboxylic acids is 3. The number of hydrogen-bond donors (Lipinski definition) is 2. The van der Waals surface area contributed by atoms with Crippen molar-refractivity contribution in [3.63, 3.8) is 0 Å². The molecule has 2 unspecified atom stereocenters. The molecule has 2 aromatic rings. The number of nitrogens with two attached hydrogens (primary N) is 1. The molecule has 41 heavy (non-hydrogen) atoms. The van der Waals surface area contributed by atoms with E-state index in [0.717, 1.165) is 31.1 Å². The number of methoxy groups -OCH3 is 1. The van der Waals surface area contributed by atoms with Crippen molar-refractivity contribution in [3.8, 4) is 0 Å². The summed E-state index contributed by atoms with van der Waals surface area (Å²) in [6, 6.07) is 13.9. The molecule has 1 aliphatic rings. The van der Waals surface area contributed by atoms with Crippen molar-refractivity contribution in [1.82, 2.24) is 9.80 Å². The molecule has 0 bridgehead atoms. The van der Waals surface area contributed by atoms with Gasteiger partial charge < -0.3 is 25.0 Å². The van der Waals surface area contributed by atoms with Crippen LogP contribution >= 0.6 is 24.2 Å². The Hall–Kier alpha value is -2.63. The maximum absolute atomic E-state index is 13.3. The van der Waals surface area contributed by atoms with E-state index in [-0.39, 0.29) is 30.9 Å². The third kappa shape index (κ3) is 10.0. The van der Waals surface area contributed by atoms with E-state index < -0.39 is 17.3 Å². The lowest BCUT2D eigenvalue weighted by molar-refractivity contribution is -0.142. The average molecular weight is 605 g/mol. The monoisotopic (exact) mass is 604 g/mol. The van der Waals surface area contributed by atoms with Crippen molar-refractivity contribution in [2.75, 3.05) is 57.9 Å². The van der Waals surface area contributed by atoms with E-state index in [1.54, 1.807) is 29.2 Å². The number of esters is 1. The molecule has 2 aromatic carbocycles. The van der Waals surface area contributed by atoms with Crippen LogP contribution in [0.1, 0.15) is 36.2 Å². The number of piperazine rings is 1. The van der Waals surface area contributed by atoms with Gasteiger partial charge in [-0.3, -0.25) is 19.3 Å². The molecule has 1 saturated heterocycles. The molecule has 9 nitrogen and oxygen atoms in total. The normalized spacial score (nSPS) is 15.4. The molecular formula is C30H41ClN4O5S. The van der Waals surface area contributed by atoms with Crippen molar-refractivity contribution in [1.29, 1.82) is 0 Å². The van der Waals surface area contributed by atoms with E-state index in [9.17, 15) is 14.4 Å². The number of hydrogen-bond acceptors (Lipinski definition) is 8. The summed E-state index contributed by atoms with van der Waals surface area (Å²) in [5, 5.41) is -0.0833. The molecule has 2 atom stereocenters. The van der Waals surface area contributed by atoms with E-state index in [4.69, 9.17) is 22.1 Å². The number of ether oxygens (including phenoxy) is 2. The summed E-state index contributed by atoms with van der Waals surface area (Å²) >= 11 is 10.4. The molecule has 0 radical (unpaired) electrons. The Bertz CT molecular complexity index is 1140. The third-order valence-corrected chi connectivity index (χ3v) is 7.70. The molecule has 1 fully saturated rings. The van der Waals surface area contributed by atoms with Gasteiger partial charge in [0.1, 0.15) is 6.04 Å². The van der Waals surface area contributed by atoms with Gasteiger partial charge in [-0.1, -0.05) is 23.7 Å². The first-order valence-corrected chi connectivity index (χ1v) is 14.8. The smallest absolute Gasteiger partial charge is 0.322 e. The second-order valence-corrected chi connectivity index (χ2v) is 11.4. The van der Waals surface area contributed by atoms with Gasteiger partial charge in [0, 0.05) is 55.5 Å². The van der Waals surface area contributed by atoms with E-state index in [1.165, 1.54) is 12.7 Å². The maximum Gasteiger partial charge on any atom is 0.322 e. The van der Waals surface area contributed by atoms with Crippen molar-refractivity contribution >= 4 is 47.7 Å². The predicted octanol–water partition coefficient (Wildman–Crippen LogP) is 3.29. The summed E-state index contributed by atoms with van der Waals surface area (Å²) < 4.78 is 10.3. The Morgan fingerprint density at radius 3 is 2.24 bits per heavy atom. The Morgan fingerprint density at radius 2 is 1.66 bits per heavy atom. The third-order valence-electron chi connectivity index (χ3n) is 7.01.